The van der Waals surface area contributed by atoms with E-state index >= 15 is 4.39 Å². The van der Waals surface area contributed by atoms with Crippen molar-refractivity contribution in [2.45, 2.75) is 68.8 Å². The Morgan fingerprint density at radius 1 is 1.00 bits per heavy atom. The molecule has 4 fully saturated rings. The van der Waals surface area contributed by atoms with E-state index in [1.165, 1.54) is 6.07 Å². The lowest BCUT2D eigenvalue weighted by Gasteiger charge is -2.35. The first kappa shape index (κ1) is 34.0. The zero-order chi connectivity index (χ0) is 33.5. The number of hydrogen-bond donors (Lipinski definition) is 1. The maximum absolute atomic E-state index is 17.6. The Labute approximate surface area is 277 Å². The first-order valence-corrected chi connectivity index (χ1v) is 17.0. The number of rotatable bonds is 7. The average Bonchev–Trinajstić information content (AvgIpc) is 3.66. The van der Waals surface area contributed by atoms with Crippen LogP contribution < -0.4 is 4.90 Å². The van der Waals surface area contributed by atoms with E-state index in [9.17, 15) is 27.9 Å². The van der Waals surface area contributed by atoms with Crippen LogP contribution in [0, 0.1) is 11.8 Å². The molecular weight excluding hydrogens is 638 g/mol. The van der Waals surface area contributed by atoms with Crippen LogP contribution in [0.3, 0.4) is 0 Å². The number of ether oxygens (including phenoxy) is 1. The second-order valence-electron chi connectivity index (χ2n) is 13.6. The predicted octanol–water partition coefficient (Wildman–Crippen LogP) is 6.60. The fourth-order valence-electron chi connectivity index (χ4n) is 8.20. The molecule has 12 heteroatoms. The number of halogens is 5. The number of aliphatic carboxylic acids is 1. The zero-order valence-electron chi connectivity index (χ0n) is 26.5. The van der Waals surface area contributed by atoms with Crippen LogP contribution in [0.15, 0.2) is 42.5 Å². The highest BCUT2D eigenvalue weighted by Gasteiger charge is 2.57. The molecule has 256 valence electrons. The minimum Gasteiger partial charge on any atom is -0.481 e. The van der Waals surface area contributed by atoms with E-state index in [1.807, 2.05) is 11.8 Å². The lowest BCUT2D eigenvalue weighted by atomic mass is 9.84. The number of piperidine rings is 1. The van der Waals surface area contributed by atoms with Gasteiger partial charge in [0.2, 0.25) is 5.67 Å². The average molecular weight is 680 g/mol. The molecule has 4 heterocycles. The molecule has 0 radical (unpaired) electrons. The van der Waals surface area contributed by atoms with E-state index < -0.39 is 41.1 Å². The highest BCUT2D eigenvalue weighted by molar-refractivity contribution is 6.30. The molecule has 1 amide bonds. The number of carboxylic acid groups (broad SMARTS) is 1. The Balaban J connectivity index is 1.30. The molecule has 2 aromatic carbocycles. The van der Waals surface area contributed by atoms with Crippen LogP contribution in [0.5, 0.6) is 0 Å². The Morgan fingerprint density at radius 2 is 1.68 bits per heavy atom. The number of hydrogen-bond acceptors (Lipinski definition) is 5. The molecule has 2 aromatic rings. The van der Waals surface area contributed by atoms with Crippen molar-refractivity contribution >= 4 is 29.2 Å². The van der Waals surface area contributed by atoms with E-state index in [-0.39, 0.29) is 31.0 Å². The topological polar surface area (TPSA) is 73.3 Å². The molecule has 6 rings (SSSR count). The first-order chi connectivity index (χ1) is 22.4. The standard InChI is InChI=1S/C35H42ClF4N3O4/c1-2-22-18-42(19-29(22)28-8-5-25(35(38,39)40)17-31(28)41-13-9-24(10-14-41)32(44)45)33(46)34(37)21-43(27-11-15-47-16-12-27)20-30(34)23-3-6-26(36)7-4-23/h3-8,17,22,24,27,29-30H,2,9-16,18-21H2,1H3,(H,44,45)/t22-,29-,30-,34-/m0/s1. The molecular formula is C35H42ClF4N3O4. The number of anilines is 1. The number of carbonyl (C=O) groups excluding carboxylic acids is 1. The van der Waals surface area contributed by atoms with E-state index in [0.717, 1.165) is 25.0 Å². The summed E-state index contributed by atoms with van der Waals surface area (Å²) in [5.41, 5.74) is -1.16. The summed E-state index contributed by atoms with van der Waals surface area (Å²) in [6.07, 6.45) is -1.70. The Bertz CT molecular complexity index is 1450. The fourth-order valence-corrected chi connectivity index (χ4v) is 8.33. The van der Waals surface area contributed by atoms with Gasteiger partial charge in [0.05, 0.1) is 11.5 Å². The van der Waals surface area contributed by atoms with Crippen molar-refractivity contribution in [2.75, 3.05) is 57.4 Å². The van der Waals surface area contributed by atoms with Gasteiger partial charge in [-0.05, 0) is 67.0 Å². The molecule has 0 aromatic heterocycles. The van der Waals surface area contributed by atoms with Crippen LogP contribution >= 0.6 is 11.6 Å². The summed E-state index contributed by atoms with van der Waals surface area (Å²) in [5.74, 6) is -3.11. The Hall–Kier alpha value is -2.89. The summed E-state index contributed by atoms with van der Waals surface area (Å²) in [6, 6.07) is 10.8. The summed E-state index contributed by atoms with van der Waals surface area (Å²) < 4.78 is 64.8. The molecule has 0 bridgehead atoms. The van der Waals surface area contributed by atoms with E-state index in [0.29, 0.717) is 80.5 Å². The van der Waals surface area contributed by atoms with Crippen molar-refractivity contribution in [1.82, 2.24) is 9.80 Å². The molecule has 47 heavy (non-hydrogen) atoms. The predicted molar refractivity (Wildman–Crippen MR) is 171 cm³/mol. The number of amides is 1. The smallest absolute Gasteiger partial charge is 0.416 e. The number of alkyl halides is 4. The third-order valence-corrected chi connectivity index (χ3v) is 11.2. The maximum Gasteiger partial charge on any atom is 0.416 e. The monoisotopic (exact) mass is 679 g/mol. The molecule has 0 aliphatic carbocycles. The number of nitrogens with zero attached hydrogens (tertiary/aromatic N) is 3. The van der Waals surface area contributed by atoms with Crippen LogP contribution in [-0.2, 0) is 20.5 Å². The van der Waals surface area contributed by atoms with Crippen molar-refractivity contribution in [2.24, 2.45) is 11.8 Å². The van der Waals surface area contributed by atoms with Gasteiger partial charge in [0, 0.05) is 81.1 Å². The summed E-state index contributed by atoms with van der Waals surface area (Å²) in [6.45, 7) is 4.65. The van der Waals surface area contributed by atoms with Gasteiger partial charge >= 0.3 is 12.1 Å². The molecule has 0 unspecified atom stereocenters. The number of carboxylic acids is 1. The van der Waals surface area contributed by atoms with Gasteiger partial charge in [-0.25, -0.2) is 4.39 Å². The minimum atomic E-state index is -4.55. The van der Waals surface area contributed by atoms with Gasteiger partial charge in [0.1, 0.15) is 0 Å². The largest absolute Gasteiger partial charge is 0.481 e. The summed E-state index contributed by atoms with van der Waals surface area (Å²) in [4.78, 5) is 31.5. The third-order valence-electron chi connectivity index (χ3n) is 10.9. The van der Waals surface area contributed by atoms with Gasteiger partial charge < -0.3 is 19.6 Å². The summed E-state index contributed by atoms with van der Waals surface area (Å²) in [5, 5.41) is 10.0. The van der Waals surface area contributed by atoms with E-state index in [2.05, 4.69) is 4.90 Å². The van der Waals surface area contributed by atoms with Gasteiger partial charge in [-0.1, -0.05) is 43.1 Å². The lowest BCUT2D eigenvalue weighted by molar-refractivity contribution is -0.143. The molecule has 0 spiro atoms. The molecule has 7 nitrogen and oxygen atoms in total. The van der Waals surface area contributed by atoms with E-state index in [1.54, 1.807) is 29.2 Å². The molecule has 1 N–H and O–H groups in total. The first-order valence-electron chi connectivity index (χ1n) is 16.6. The van der Waals surface area contributed by atoms with Crippen LogP contribution in [0.25, 0.3) is 0 Å². The summed E-state index contributed by atoms with van der Waals surface area (Å²) >= 11 is 6.15. The SMILES string of the molecule is CC[C@H]1CN(C(=O)[C@]2(F)CN(C3CCOCC3)C[C@H]2c2ccc(Cl)cc2)C[C@@H]1c1ccc(C(F)(F)F)cc1N1CCC(C(=O)O)CC1. The van der Waals surface area contributed by atoms with Gasteiger partial charge in [0.15, 0.2) is 0 Å². The third kappa shape index (κ3) is 6.85. The van der Waals surface area contributed by atoms with Gasteiger partial charge in [-0.3, -0.25) is 14.5 Å². The van der Waals surface area contributed by atoms with Crippen LogP contribution in [0.2, 0.25) is 5.02 Å². The lowest BCUT2D eigenvalue weighted by Crippen LogP contribution is -2.50. The van der Waals surface area contributed by atoms with Crippen molar-refractivity contribution in [1.29, 1.82) is 0 Å². The molecule has 0 saturated carbocycles. The minimum absolute atomic E-state index is 0.0359. The van der Waals surface area contributed by atoms with Gasteiger partial charge in [-0.2, -0.15) is 13.2 Å². The van der Waals surface area contributed by atoms with Crippen molar-refractivity contribution < 1.29 is 37.0 Å². The second kappa shape index (κ2) is 13.6. The number of carbonyl (C=O) groups is 2. The van der Waals surface area contributed by atoms with Crippen molar-refractivity contribution in [3.8, 4) is 0 Å². The highest BCUT2D eigenvalue weighted by Crippen LogP contribution is 2.47. The van der Waals surface area contributed by atoms with Crippen molar-refractivity contribution in [3.63, 3.8) is 0 Å². The highest BCUT2D eigenvalue weighted by atomic mass is 35.5. The quantitative estimate of drug-likeness (QED) is 0.333. The molecule has 4 aliphatic heterocycles. The normalized spacial score (nSPS) is 28.3. The van der Waals surface area contributed by atoms with Crippen LogP contribution in [0.1, 0.15) is 67.6 Å². The Kier molecular flexibility index (Phi) is 9.80. The van der Waals surface area contributed by atoms with E-state index in [4.69, 9.17) is 16.3 Å². The Morgan fingerprint density at radius 3 is 2.30 bits per heavy atom. The number of benzene rings is 2. The zero-order valence-corrected chi connectivity index (χ0v) is 27.3. The maximum atomic E-state index is 17.6. The molecule has 4 saturated heterocycles. The van der Waals surface area contributed by atoms with Gasteiger partial charge in [0.25, 0.3) is 5.91 Å². The van der Waals surface area contributed by atoms with Crippen LogP contribution in [-0.4, -0.2) is 91.0 Å². The number of likely N-dealkylation sites (tertiary alicyclic amines) is 2. The fraction of sp³-hybridized carbons (Fsp3) is 0.600. The van der Waals surface area contributed by atoms with Crippen LogP contribution in [0.4, 0.5) is 23.2 Å². The molecule has 4 aliphatic rings. The van der Waals surface area contributed by atoms with Crippen molar-refractivity contribution in [3.05, 3.63) is 64.2 Å². The summed E-state index contributed by atoms with van der Waals surface area (Å²) in [7, 11) is 0. The molecule has 4 atom stereocenters. The second-order valence-corrected chi connectivity index (χ2v) is 14.0. The van der Waals surface area contributed by atoms with Gasteiger partial charge in [-0.15, -0.1) is 0 Å².